The lowest BCUT2D eigenvalue weighted by Crippen LogP contribution is -2.46. The molecule has 0 aromatic heterocycles. The van der Waals surface area contributed by atoms with Crippen LogP contribution in [0.2, 0.25) is 0 Å². The van der Waals surface area contributed by atoms with Crippen molar-refractivity contribution in [2.24, 2.45) is 0 Å². The zero-order chi connectivity index (χ0) is 17.2. The van der Waals surface area contributed by atoms with Crippen LogP contribution in [0.3, 0.4) is 0 Å². The van der Waals surface area contributed by atoms with Crippen LogP contribution < -0.4 is 10.2 Å². The van der Waals surface area contributed by atoms with E-state index in [1.165, 1.54) is 11.1 Å². The quantitative estimate of drug-likeness (QED) is 0.908. The molecule has 2 N–H and O–H groups in total. The Hall–Kier alpha value is -2.33. The van der Waals surface area contributed by atoms with E-state index >= 15 is 0 Å². The Morgan fingerprint density at radius 1 is 1.12 bits per heavy atom. The van der Waals surface area contributed by atoms with Crippen LogP contribution in [-0.2, 0) is 12.8 Å². The molecule has 1 amide bonds. The molecule has 0 fully saturated rings. The number of hydrogen-bond acceptors (Lipinski definition) is 3. The summed E-state index contributed by atoms with van der Waals surface area (Å²) in [5, 5.41) is 13.7. The Balaban J connectivity index is 1.62. The van der Waals surface area contributed by atoms with Crippen molar-refractivity contribution < 1.29 is 9.90 Å². The molecule has 24 heavy (non-hydrogen) atoms. The first-order valence-corrected chi connectivity index (χ1v) is 8.32. The van der Waals surface area contributed by atoms with Crippen molar-refractivity contribution >= 4 is 11.6 Å². The number of rotatable bonds is 4. The van der Waals surface area contributed by atoms with E-state index in [4.69, 9.17) is 0 Å². The van der Waals surface area contributed by atoms with Crippen LogP contribution in [0.5, 0.6) is 0 Å². The summed E-state index contributed by atoms with van der Waals surface area (Å²) in [5.41, 5.74) is 3.27. The van der Waals surface area contributed by atoms with Crippen LogP contribution in [0.4, 0.5) is 5.69 Å². The molecule has 0 bridgehead atoms. The van der Waals surface area contributed by atoms with Gasteiger partial charge in [-0.1, -0.05) is 24.3 Å². The van der Waals surface area contributed by atoms with Gasteiger partial charge in [0.2, 0.25) is 0 Å². The summed E-state index contributed by atoms with van der Waals surface area (Å²) in [6.07, 6.45) is 2.10. The lowest BCUT2D eigenvalue weighted by Gasteiger charge is -2.33. The van der Waals surface area contributed by atoms with Crippen LogP contribution in [-0.4, -0.2) is 37.3 Å². The first-order valence-electron chi connectivity index (χ1n) is 8.32. The highest BCUT2D eigenvalue weighted by Gasteiger charge is 2.32. The van der Waals surface area contributed by atoms with Gasteiger partial charge in [-0.2, -0.15) is 0 Å². The minimum atomic E-state index is -0.867. The molecule has 0 saturated carbocycles. The van der Waals surface area contributed by atoms with E-state index in [2.05, 4.69) is 17.4 Å². The van der Waals surface area contributed by atoms with Gasteiger partial charge >= 0.3 is 0 Å². The second-order valence-corrected chi connectivity index (χ2v) is 6.79. The average molecular weight is 324 g/mol. The molecule has 1 aliphatic rings. The number of fused-ring (bicyclic) bond motifs is 1. The molecule has 2 aromatic rings. The van der Waals surface area contributed by atoms with E-state index in [-0.39, 0.29) is 12.5 Å². The standard InChI is InChI=1S/C20H24N2O2/c1-22(2)18-9-7-16(8-10-18)19(23)21-14-20(24)12-11-15-5-3-4-6-17(15)13-20/h3-10,24H,11-14H2,1-2H3,(H,21,23). The largest absolute Gasteiger partial charge is 0.388 e. The van der Waals surface area contributed by atoms with Crippen molar-refractivity contribution in [1.82, 2.24) is 5.32 Å². The maximum absolute atomic E-state index is 12.3. The molecule has 0 aliphatic heterocycles. The molecule has 4 nitrogen and oxygen atoms in total. The molecule has 2 aromatic carbocycles. The minimum Gasteiger partial charge on any atom is -0.388 e. The second kappa shape index (κ2) is 6.65. The van der Waals surface area contributed by atoms with Gasteiger partial charge in [-0.3, -0.25) is 4.79 Å². The van der Waals surface area contributed by atoms with Gasteiger partial charge < -0.3 is 15.3 Å². The fraction of sp³-hybridized carbons (Fsp3) is 0.350. The third-order valence-corrected chi connectivity index (χ3v) is 4.72. The van der Waals surface area contributed by atoms with Crippen molar-refractivity contribution in [3.8, 4) is 0 Å². The van der Waals surface area contributed by atoms with Gasteiger partial charge in [0.25, 0.3) is 5.91 Å². The van der Waals surface area contributed by atoms with Crippen LogP contribution in [0.15, 0.2) is 48.5 Å². The van der Waals surface area contributed by atoms with Gasteiger partial charge in [0.05, 0.1) is 5.60 Å². The average Bonchev–Trinajstić information content (AvgIpc) is 2.59. The molecular formula is C20H24N2O2. The summed E-state index contributed by atoms with van der Waals surface area (Å²) in [7, 11) is 3.93. The third-order valence-electron chi connectivity index (χ3n) is 4.72. The van der Waals surface area contributed by atoms with Gasteiger partial charge in [0.15, 0.2) is 0 Å². The number of carbonyl (C=O) groups excluding carboxylic acids is 1. The molecule has 1 atom stereocenters. The maximum atomic E-state index is 12.3. The summed E-state index contributed by atoms with van der Waals surface area (Å²) >= 11 is 0. The Morgan fingerprint density at radius 3 is 2.46 bits per heavy atom. The first kappa shape index (κ1) is 16.5. The van der Waals surface area contributed by atoms with E-state index in [0.717, 1.165) is 12.1 Å². The fourth-order valence-electron chi connectivity index (χ4n) is 3.19. The Morgan fingerprint density at radius 2 is 1.79 bits per heavy atom. The lowest BCUT2D eigenvalue weighted by molar-refractivity contribution is 0.0260. The smallest absolute Gasteiger partial charge is 0.251 e. The molecule has 0 saturated heterocycles. The second-order valence-electron chi connectivity index (χ2n) is 6.79. The number of anilines is 1. The van der Waals surface area contributed by atoms with E-state index < -0.39 is 5.60 Å². The molecule has 3 rings (SSSR count). The monoisotopic (exact) mass is 324 g/mol. The SMILES string of the molecule is CN(C)c1ccc(C(=O)NCC2(O)CCc3ccccc3C2)cc1. The molecule has 126 valence electrons. The number of aliphatic hydroxyl groups is 1. The van der Waals surface area contributed by atoms with Crippen molar-refractivity contribution in [3.05, 3.63) is 65.2 Å². The van der Waals surface area contributed by atoms with Crippen LogP contribution >= 0.6 is 0 Å². The summed E-state index contributed by atoms with van der Waals surface area (Å²) in [5.74, 6) is -0.146. The molecule has 0 spiro atoms. The number of hydrogen-bond donors (Lipinski definition) is 2. The lowest BCUT2D eigenvalue weighted by atomic mass is 9.80. The van der Waals surface area contributed by atoms with E-state index in [0.29, 0.717) is 18.4 Å². The minimum absolute atomic E-state index is 0.146. The Kier molecular flexibility index (Phi) is 4.58. The molecule has 0 heterocycles. The van der Waals surface area contributed by atoms with Crippen LogP contribution in [0, 0.1) is 0 Å². The summed E-state index contributed by atoms with van der Waals surface area (Å²) in [6.45, 7) is 0.273. The topological polar surface area (TPSA) is 52.6 Å². The van der Waals surface area contributed by atoms with Gasteiger partial charge in [-0.25, -0.2) is 0 Å². The Bertz CT molecular complexity index is 725. The number of carbonyl (C=O) groups is 1. The maximum Gasteiger partial charge on any atom is 0.251 e. The predicted molar refractivity (Wildman–Crippen MR) is 96.5 cm³/mol. The number of benzene rings is 2. The zero-order valence-electron chi connectivity index (χ0n) is 14.2. The summed E-state index contributed by atoms with van der Waals surface area (Å²) in [6, 6.07) is 15.6. The van der Waals surface area contributed by atoms with Gasteiger partial charge in [-0.05, 0) is 48.2 Å². The number of nitrogens with zero attached hydrogens (tertiary/aromatic N) is 1. The predicted octanol–water partition coefficient (Wildman–Crippen LogP) is 2.40. The number of amides is 1. The molecule has 1 aliphatic carbocycles. The van der Waals surface area contributed by atoms with Crippen LogP contribution in [0.1, 0.15) is 27.9 Å². The van der Waals surface area contributed by atoms with E-state index in [9.17, 15) is 9.90 Å². The van der Waals surface area contributed by atoms with E-state index in [1.807, 2.05) is 55.4 Å². The highest BCUT2D eigenvalue weighted by atomic mass is 16.3. The highest BCUT2D eigenvalue weighted by molar-refractivity contribution is 5.94. The first-order chi connectivity index (χ1) is 11.5. The summed E-state index contributed by atoms with van der Waals surface area (Å²) < 4.78 is 0. The van der Waals surface area contributed by atoms with Gasteiger partial charge in [0, 0.05) is 38.3 Å². The molecule has 0 radical (unpaired) electrons. The molecule has 4 heteroatoms. The van der Waals surface area contributed by atoms with Crippen molar-refractivity contribution in [2.75, 3.05) is 25.5 Å². The van der Waals surface area contributed by atoms with Crippen LogP contribution in [0.25, 0.3) is 0 Å². The normalized spacial score (nSPS) is 19.5. The number of aryl methyl sites for hydroxylation is 1. The molecule has 1 unspecified atom stereocenters. The summed E-state index contributed by atoms with van der Waals surface area (Å²) in [4.78, 5) is 14.3. The van der Waals surface area contributed by atoms with Crippen molar-refractivity contribution in [3.63, 3.8) is 0 Å². The Labute approximate surface area is 143 Å². The van der Waals surface area contributed by atoms with Crippen molar-refractivity contribution in [2.45, 2.75) is 24.9 Å². The third kappa shape index (κ3) is 3.60. The molecular weight excluding hydrogens is 300 g/mol. The van der Waals surface area contributed by atoms with Crippen molar-refractivity contribution in [1.29, 1.82) is 0 Å². The van der Waals surface area contributed by atoms with Gasteiger partial charge in [0.1, 0.15) is 0 Å². The number of nitrogens with one attached hydrogen (secondary N) is 1. The fourth-order valence-corrected chi connectivity index (χ4v) is 3.19. The zero-order valence-corrected chi connectivity index (χ0v) is 14.2. The van der Waals surface area contributed by atoms with Gasteiger partial charge in [-0.15, -0.1) is 0 Å². The highest BCUT2D eigenvalue weighted by Crippen LogP contribution is 2.28. The van der Waals surface area contributed by atoms with E-state index in [1.54, 1.807) is 0 Å².